The molecule has 2 N–H and O–H groups in total. The van der Waals surface area contributed by atoms with Crippen LogP contribution < -0.4 is 16.1 Å². The minimum Gasteiger partial charge on any atom is -0.486 e. The first kappa shape index (κ1) is 16.6. The lowest BCUT2D eigenvalue weighted by molar-refractivity contribution is -0.141. The molecule has 0 bridgehead atoms. The number of hydrogen-bond acceptors (Lipinski definition) is 4. The van der Waals surface area contributed by atoms with Crippen molar-refractivity contribution in [1.82, 2.24) is 24.3 Å². The topological polar surface area (TPSA) is 97.7 Å². The molecule has 0 saturated carbocycles. The lowest BCUT2D eigenvalue weighted by Gasteiger charge is -2.11. The number of rotatable bonds is 5. The number of halogens is 3. The van der Waals surface area contributed by atoms with Gasteiger partial charge in [-0.15, -0.1) is 0 Å². The summed E-state index contributed by atoms with van der Waals surface area (Å²) in [7, 11) is 0. The van der Waals surface area contributed by atoms with E-state index in [0.717, 1.165) is 9.13 Å². The third kappa shape index (κ3) is 3.82. The molecule has 0 aliphatic heterocycles. The zero-order valence-electron chi connectivity index (χ0n) is 12.6. The van der Waals surface area contributed by atoms with Crippen LogP contribution in [0.2, 0.25) is 0 Å². The van der Waals surface area contributed by atoms with Gasteiger partial charge >= 0.3 is 17.6 Å². The lowest BCUT2D eigenvalue weighted by Crippen LogP contribution is -2.24. The highest BCUT2D eigenvalue weighted by atomic mass is 19.4. The molecule has 25 heavy (non-hydrogen) atoms. The average Bonchev–Trinajstić information content (AvgIpc) is 3.11. The minimum absolute atomic E-state index is 0.125. The molecular weight excluding hydrogens is 343 g/mol. The van der Waals surface area contributed by atoms with Gasteiger partial charge in [0.05, 0.1) is 5.69 Å². The Balaban J connectivity index is 1.70. The van der Waals surface area contributed by atoms with Crippen molar-refractivity contribution in [2.24, 2.45) is 0 Å². The van der Waals surface area contributed by atoms with Gasteiger partial charge in [-0.2, -0.15) is 13.2 Å². The zero-order valence-corrected chi connectivity index (χ0v) is 12.6. The standard InChI is InChI=1S/C14H12F3N5O3/c15-14(16,17)8-21-6-5-18-11(21)7-25-10-3-1-9(2-4-10)22-12(23)19-20-13(22)24/h1-6H,7-8H2,(H,19,23)(H,20,24). The summed E-state index contributed by atoms with van der Waals surface area (Å²) < 4.78 is 44.6. The number of benzene rings is 1. The van der Waals surface area contributed by atoms with E-state index in [2.05, 4.69) is 15.2 Å². The summed E-state index contributed by atoms with van der Waals surface area (Å²) >= 11 is 0. The van der Waals surface area contributed by atoms with Gasteiger partial charge in [0, 0.05) is 12.4 Å². The highest BCUT2D eigenvalue weighted by Crippen LogP contribution is 2.19. The fourth-order valence-corrected chi connectivity index (χ4v) is 2.20. The van der Waals surface area contributed by atoms with Gasteiger partial charge in [-0.05, 0) is 24.3 Å². The van der Waals surface area contributed by atoms with Crippen molar-refractivity contribution in [2.75, 3.05) is 0 Å². The second kappa shape index (κ2) is 6.34. The van der Waals surface area contributed by atoms with Crippen LogP contribution in [0.15, 0.2) is 46.2 Å². The summed E-state index contributed by atoms with van der Waals surface area (Å²) in [6.07, 6.45) is -1.87. The van der Waals surface area contributed by atoms with Gasteiger partial charge in [0.1, 0.15) is 24.7 Å². The van der Waals surface area contributed by atoms with E-state index in [0.29, 0.717) is 11.4 Å². The number of H-pyrrole nitrogens is 2. The summed E-state index contributed by atoms with van der Waals surface area (Å²) in [5.74, 6) is 0.477. The molecular formula is C14H12F3N5O3. The molecule has 8 nitrogen and oxygen atoms in total. The highest BCUT2D eigenvalue weighted by Gasteiger charge is 2.28. The van der Waals surface area contributed by atoms with Crippen LogP contribution in [0.5, 0.6) is 5.75 Å². The molecule has 11 heteroatoms. The highest BCUT2D eigenvalue weighted by molar-refractivity contribution is 5.36. The summed E-state index contributed by atoms with van der Waals surface area (Å²) in [5, 5.41) is 4.31. The van der Waals surface area contributed by atoms with Crippen LogP contribution in [-0.2, 0) is 13.2 Å². The summed E-state index contributed by atoms with van der Waals surface area (Å²) in [4.78, 5) is 26.8. The van der Waals surface area contributed by atoms with Crippen LogP contribution in [0.25, 0.3) is 5.69 Å². The number of aromatic amines is 2. The normalized spacial score (nSPS) is 11.6. The van der Waals surface area contributed by atoms with E-state index in [1.165, 1.54) is 36.7 Å². The third-order valence-electron chi connectivity index (χ3n) is 3.30. The zero-order chi connectivity index (χ0) is 18.0. The van der Waals surface area contributed by atoms with Gasteiger partial charge in [-0.25, -0.2) is 29.3 Å². The lowest BCUT2D eigenvalue weighted by atomic mass is 10.3. The first-order valence-electron chi connectivity index (χ1n) is 7.03. The molecule has 0 spiro atoms. The number of imidazole rings is 1. The maximum absolute atomic E-state index is 12.5. The van der Waals surface area contributed by atoms with Crippen LogP contribution >= 0.6 is 0 Å². The third-order valence-corrected chi connectivity index (χ3v) is 3.30. The Morgan fingerprint density at radius 1 is 1.08 bits per heavy atom. The van der Waals surface area contributed by atoms with Crippen molar-refractivity contribution in [2.45, 2.75) is 19.3 Å². The Hall–Kier alpha value is -3.24. The van der Waals surface area contributed by atoms with Gasteiger partial charge in [0.15, 0.2) is 0 Å². The van der Waals surface area contributed by atoms with Crippen molar-refractivity contribution in [3.05, 3.63) is 63.5 Å². The van der Waals surface area contributed by atoms with Crippen LogP contribution in [0, 0.1) is 0 Å². The number of hydrogen-bond donors (Lipinski definition) is 2. The van der Waals surface area contributed by atoms with Crippen LogP contribution in [0.4, 0.5) is 13.2 Å². The SMILES string of the molecule is O=c1[nH][nH]c(=O)n1-c1ccc(OCc2nccn2CC(F)(F)F)cc1. The molecule has 3 rings (SSSR count). The number of ether oxygens (including phenoxy) is 1. The van der Waals surface area contributed by atoms with Crippen molar-refractivity contribution in [3.63, 3.8) is 0 Å². The average molecular weight is 355 g/mol. The molecule has 0 aliphatic carbocycles. The van der Waals surface area contributed by atoms with Crippen LogP contribution in [0.1, 0.15) is 5.82 Å². The quantitative estimate of drug-likeness (QED) is 0.718. The Kier molecular flexibility index (Phi) is 4.21. The van der Waals surface area contributed by atoms with Crippen molar-refractivity contribution < 1.29 is 17.9 Å². The molecule has 0 radical (unpaired) electrons. The Morgan fingerprint density at radius 2 is 1.72 bits per heavy atom. The van der Waals surface area contributed by atoms with Crippen molar-refractivity contribution >= 4 is 0 Å². The van der Waals surface area contributed by atoms with E-state index in [-0.39, 0.29) is 12.4 Å². The van der Waals surface area contributed by atoms with Gasteiger partial charge in [0.2, 0.25) is 0 Å². The van der Waals surface area contributed by atoms with Gasteiger partial charge in [-0.1, -0.05) is 0 Å². The predicted molar refractivity (Wildman–Crippen MR) is 79.6 cm³/mol. The monoisotopic (exact) mass is 355 g/mol. The number of alkyl halides is 3. The molecule has 1 aromatic carbocycles. The van der Waals surface area contributed by atoms with Crippen LogP contribution in [0.3, 0.4) is 0 Å². The summed E-state index contributed by atoms with van der Waals surface area (Å²) in [5.41, 5.74) is -0.917. The molecule has 0 unspecified atom stereocenters. The Labute approximate surface area is 137 Å². The van der Waals surface area contributed by atoms with Gasteiger partial charge in [-0.3, -0.25) is 0 Å². The Morgan fingerprint density at radius 3 is 2.32 bits per heavy atom. The van der Waals surface area contributed by atoms with E-state index in [1.807, 2.05) is 0 Å². The molecule has 0 aliphatic rings. The molecule has 2 aromatic heterocycles. The van der Waals surface area contributed by atoms with E-state index in [1.54, 1.807) is 0 Å². The smallest absolute Gasteiger partial charge is 0.406 e. The first-order valence-corrected chi connectivity index (χ1v) is 7.03. The largest absolute Gasteiger partial charge is 0.486 e. The molecule has 3 aromatic rings. The van der Waals surface area contributed by atoms with E-state index >= 15 is 0 Å². The van der Waals surface area contributed by atoms with E-state index in [4.69, 9.17) is 4.74 Å². The molecule has 0 fully saturated rings. The van der Waals surface area contributed by atoms with Gasteiger partial charge < -0.3 is 9.30 Å². The molecule has 0 amide bonds. The fourth-order valence-electron chi connectivity index (χ4n) is 2.20. The second-order valence-electron chi connectivity index (χ2n) is 5.06. The van der Waals surface area contributed by atoms with Crippen LogP contribution in [-0.4, -0.2) is 30.5 Å². The summed E-state index contributed by atoms with van der Waals surface area (Å²) in [6.45, 7) is -1.31. The minimum atomic E-state index is -4.35. The van der Waals surface area contributed by atoms with E-state index < -0.39 is 24.1 Å². The van der Waals surface area contributed by atoms with Crippen molar-refractivity contribution in [1.29, 1.82) is 0 Å². The maximum atomic E-state index is 12.5. The molecule has 2 heterocycles. The maximum Gasteiger partial charge on any atom is 0.406 e. The number of aromatic nitrogens is 5. The van der Waals surface area contributed by atoms with Gasteiger partial charge in [0.25, 0.3) is 0 Å². The van der Waals surface area contributed by atoms with Crippen molar-refractivity contribution in [3.8, 4) is 11.4 Å². The summed E-state index contributed by atoms with van der Waals surface area (Å²) in [6, 6.07) is 5.93. The number of nitrogens with one attached hydrogen (secondary N) is 2. The van der Waals surface area contributed by atoms with E-state index in [9.17, 15) is 22.8 Å². The molecule has 0 atom stereocenters. The Bertz CT molecular complexity index is 938. The second-order valence-corrected chi connectivity index (χ2v) is 5.06. The predicted octanol–water partition coefficient (Wildman–Crippen LogP) is 1.19. The molecule has 132 valence electrons. The molecule has 0 saturated heterocycles. The fraction of sp³-hybridized carbons (Fsp3) is 0.214. The first-order chi connectivity index (χ1) is 11.8. The number of nitrogens with zero attached hydrogens (tertiary/aromatic N) is 3.